The minimum absolute atomic E-state index is 0.00862. The molecule has 2 unspecified atom stereocenters. The van der Waals surface area contributed by atoms with Gasteiger partial charge in [-0.1, -0.05) is 26.3 Å². The van der Waals surface area contributed by atoms with Gasteiger partial charge in [-0.3, -0.25) is 19.2 Å². The van der Waals surface area contributed by atoms with Gasteiger partial charge in [0.2, 0.25) is 0 Å². The van der Waals surface area contributed by atoms with E-state index in [2.05, 4.69) is 13.8 Å². The molecule has 8 atom stereocenters. The Hall–Kier alpha value is -1.98. The average Bonchev–Trinajstić information content (AvgIpc) is 3.01. The molecule has 0 saturated heterocycles. The highest BCUT2D eigenvalue weighted by atomic mass is 16.6. The molecule has 0 bridgehead atoms. The molecule has 0 heterocycles. The lowest BCUT2D eigenvalue weighted by atomic mass is 9.46. The number of fused-ring (bicyclic) bond motifs is 5. The standard InChI is InChI=1S/C27H38O6/c1-6-22(32-15(2)28)25(33-16(3)29)20-14-23(31)27(5)12-10-21-19(24(20)27)8-7-17-13-18(30)9-11-26(17,21)4/h13,19-22,24-25H,6-12,14H2,1-5H3/t19-,20+,21+,22?,24-,25?,26+,27-/m1/s1. The van der Waals surface area contributed by atoms with Crippen molar-refractivity contribution < 1.29 is 28.7 Å². The second-order valence-corrected chi connectivity index (χ2v) is 11.3. The van der Waals surface area contributed by atoms with Crippen LogP contribution in [0.15, 0.2) is 11.6 Å². The van der Waals surface area contributed by atoms with Crippen molar-refractivity contribution in [1.82, 2.24) is 0 Å². The van der Waals surface area contributed by atoms with Gasteiger partial charge >= 0.3 is 11.9 Å². The predicted molar refractivity (Wildman–Crippen MR) is 122 cm³/mol. The van der Waals surface area contributed by atoms with E-state index in [1.165, 1.54) is 19.4 Å². The number of rotatable bonds is 5. The van der Waals surface area contributed by atoms with Gasteiger partial charge in [0.05, 0.1) is 0 Å². The molecule has 0 radical (unpaired) electrons. The molecule has 0 N–H and O–H groups in total. The molecule has 3 saturated carbocycles. The predicted octanol–water partition coefficient (Wildman–Crippen LogP) is 4.59. The minimum Gasteiger partial charge on any atom is -0.459 e. The van der Waals surface area contributed by atoms with E-state index in [9.17, 15) is 19.2 Å². The van der Waals surface area contributed by atoms with Gasteiger partial charge in [-0.25, -0.2) is 0 Å². The van der Waals surface area contributed by atoms with Crippen LogP contribution < -0.4 is 0 Å². The van der Waals surface area contributed by atoms with Gasteiger partial charge in [-0.2, -0.15) is 0 Å². The van der Waals surface area contributed by atoms with Crippen LogP contribution in [0.4, 0.5) is 0 Å². The first-order chi connectivity index (χ1) is 15.5. The van der Waals surface area contributed by atoms with E-state index in [4.69, 9.17) is 9.47 Å². The summed E-state index contributed by atoms with van der Waals surface area (Å²) in [7, 11) is 0. The Kier molecular flexibility index (Phi) is 6.34. The van der Waals surface area contributed by atoms with Crippen LogP contribution in [0, 0.1) is 34.5 Å². The van der Waals surface area contributed by atoms with Crippen molar-refractivity contribution in [3.63, 3.8) is 0 Å². The van der Waals surface area contributed by atoms with E-state index < -0.39 is 29.6 Å². The lowest BCUT2D eigenvalue weighted by Crippen LogP contribution is -2.54. The number of esters is 2. The summed E-state index contributed by atoms with van der Waals surface area (Å²) in [6.45, 7) is 9.08. The smallest absolute Gasteiger partial charge is 0.303 e. The Morgan fingerprint density at radius 1 is 1.03 bits per heavy atom. The first-order valence-corrected chi connectivity index (χ1v) is 12.6. The Morgan fingerprint density at radius 3 is 2.36 bits per heavy atom. The lowest BCUT2D eigenvalue weighted by Gasteiger charge is -2.58. The van der Waals surface area contributed by atoms with Crippen molar-refractivity contribution in [1.29, 1.82) is 0 Å². The van der Waals surface area contributed by atoms with Gasteiger partial charge in [-0.15, -0.1) is 0 Å². The zero-order chi connectivity index (χ0) is 24.1. The number of allylic oxidation sites excluding steroid dienone is 1. The number of hydrogen-bond acceptors (Lipinski definition) is 6. The normalized spacial score (nSPS) is 39.5. The van der Waals surface area contributed by atoms with Crippen LogP contribution >= 0.6 is 0 Å². The molecule has 0 amide bonds. The number of ketones is 2. The topological polar surface area (TPSA) is 86.7 Å². The number of Topliss-reactive ketones (excluding diaryl/α,β-unsaturated/α-hetero) is 1. The van der Waals surface area contributed by atoms with Gasteiger partial charge in [0, 0.05) is 38.0 Å². The van der Waals surface area contributed by atoms with Crippen LogP contribution in [-0.4, -0.2) is 35.7 Å². The Balaban J connectivity index is 1.73. The van der Waals surface area contributed by atoms with Crippen LogP contribution in [0.25, 0.3) is 0 Å². The fourth-order valence-corrected chi connectivity index (χ4v) is 8.05. The van der Waals surface area contributed by atoms with E-state index in [0.29, 0.717) is 31.1 Å². The Labute approximate surface area is 196 Å². The first kappa shape index (κ1) is 24.2. The highest BCUT2D eigenvalue weighted by molar-refractivity contribution is 5.91. The summed E-state index contributed by atoms with van der Waals surface area (Å²) in [5.41, 5.74) is 0.832. The van der Waals surface area contributed by atoms with Crippen LogP contribution in [0.1, 0.15) is 86.0 Å². The van der Waals surface area contributed by atoms with Crippen LogP contribution in [-0.2, 0) is 28.7 Å². The maximum Gasteiger partial charge on any atom is 0.303 e. The molecule has 0 aromatic carbocycles. The first-order valence-electron chi connectivity index (χ1n) is 12.6. The summed E-state index contributed by atoms with van der Waals surface area (Å²) < 4.78 is 11.4. The van der Waals surface area contributed by atoms with Gasteiger partial charge in [0.25, 0.3) is 0 Å². The molecular formula is C27H38O6. The summed E-state index contributed by atoms with van der Waals surface area (Å²) in [6.07, 6.45) is 6.69. The lowest BCUT2D eigenvalue weighted by molar-refractivity contribution is -0.176. The zero-order valence-corrected chi connectivity index (χ0v) is 20.6. The number of hydrogen-bond donors (Lipinski definition) is 0. The number of ether oxygens (including phenoxy) is 2. The molecular weight excluding hydrogens is 420 g/mol. The molecule has 4 aliphatic carbocycles. The highest BCUT2D eigenvalue weighted by Gasteiger charge is 2.64. The van der Waals surface area contributed by atoms with Crippen molar-refractivity contribution in [3.8, 4) is 0 Å². The third-order valence-electron chi connectivity index (χ3n) is 9.54. The monoisotopic (exact) mass is 458 g/mol. The van der Waals surface area contributed by atoms with Crippen molar-refractivity contribution >= 4 is 23.5 Å². The summed E-state index contributed by atoms with van der Waals surface area (Å²) in [5, 5.41) is 0. The maximum absolute atomic E-state index is 13.4. The van der Waals surface area contributed by atoms with Crippen molar-refractivity contribution in [2.45, 2.75) is 98.2 Å². The van der Waals surface area contributed by atoms with E-state index >= 15 is 0 Å². The zero-order valence-electron chi connectivity index (χ0n) is 20.6. The SMILES string of the molecule is CCC(OC(C)=O)C(OC(C)=O)[C@H]1CC(=O)[C@@]2(C)CC[C@H]3[C@@H](CCC4=CC(=O)CC[C@@]43C)[C@H]12. The quantitative estimate of drug-likeness (QED) is 0.560. The molecule has 0 aromatic heterocycles. The summed E-state index contributed by atoms with van der Waals surface area (Å²) in [4.78, 5) is 49.5. The second-order valence-electron chi connectivity index (χ2n) is 11.3. The van der Waals surface area contributed by atoms with Gasteiger partial charge < -0.3 is 9.47 Å². The second kappa shape index (κ2) is 8.66. The fourth-order valence-electron chi connectivity index (χ4n) is 8.05. The molecule has 6 heteroatoms. The van der Waals surface area contributed by atoms with Crippen molar-refractivity contribution in [2.75, 3.05) is 0 Å². The van der Waals surface area contributed by atoms with E-state index in [-0.39, 0.29) is 28.8 Å². The Morgan fingerprint density at radius 2 is 1.73 bits per heavy atom. The van der Waals surface area contributed by atoms with Gasteiger partial charge in [0.15, 0.2) is 5.78 Å². The molecule has 0 aliphatic heterocycles. The largest absolute Gasteiger partial charge is 0.459 e. The molecule has 4 aliphatic rings. The fraction of sp³-hybridized carbons (Fsp3) is 0.778. The van der Waals surface area contributed by atoms with Gasteiger partial charge in [0.1, 0.15) is 18.0 Å². The third-order valence-corrected chi connectivity index (χ3v) is 9.54. The van der Waals surface area contributed by atoms with E-state index in [1.807, 2.05) is 13.0 Å². The highest BCUT2D eigenvalue weighted by Crippen LogP contribution is 2.66. The molecule has 0 spiro atoms. The van der Waals surface area contributed by atoms with E-state index in [1.54, 1.807) is 0 Å². The average molecular weight is 459 g/mol. The summed E-state index contributed by atoms with van der Waals surface area (Å²) in [5.74, 6) is 0.308. The van der Waals surface area contributed by atoms with Gasteiger partial charge in [-0.05, 0) is 67.8 Å². The number of carbonyl (C=O) groups is 4. The van der Waals surface area contributed by atoms with Crippen LogP contribution in [0.3, 0.4) is 0 Å². The molecule has 33 heavy (non-hydrogen) atoms. The molecule has 4 rings (SSSR count). The number of carbonyl (C=O) groups excluding carboxylic acids is 4. The molecule has 3 fully saturated rings. The maximum atomic E-state index is 13.4. The summed E-state index contributed by atoms with van der Waals surface area (Å²) >= 11 is 0. The van der Waals surface area contributed by atoms with Crippen molar-refractivity contribution in [3.05, 3.63) is 11.6 Å². The van der Waals surface area contributed by atoms with Crippen molar-refractivity contribution in [2.24, 2.45) is 34.5 Å². The molecule has 182 valence electrons. The minimum atomic E-state index is -0.622. The molecule has 6 nitrogen and oxygen atoms in total. The Bertz CT molecular complexity index is 889. The third kappa shape index (κ3) is 3.97. The van der Waals surface area contributed by atoms with E-state index in [0.717, 1.165) is 32.1 Å². The summed E-state index contributed by atoms with van der Waals surface area (Å²) in [6, 6.07) is 0. The van der Waals surface area contributed by atoms with Crippen LogP contribution in [0.5, 0.6) is 0 Å². The molecule has 0 aromatic rings. The van der Waals surface area contributed by atoms with Crippen LogP contribution in [0.2, 0.25) is 0 Å².